The number of nitrogens with zero attached hydrogens (tertiary/aromatic N) is 1. The number of amides is 1. The molecule has 2 N–H and O–H groups in total. The quantitative estimate of drug-likeness (QED) is 0.385. The van der Waals surface area contributed by atoms with Gasteiger partial charge in [-0.1, -0.05) is 13.8 Å². The second-order valence-corrected chi connectivity index (χ2v) is 11.7. The van der Waals surface area contributed by atoms with Crippen LogP contribution in [0.1, 0.15) is 43.6 Å². The van der Waals surface area contributed by atoms with Gasteiger partial charge in [-0.3, -0.25) is 9.36 Å². The molecule has 3 aromatic rings. The van der Waals surface area contributed by atoms with Crippen molar-refractivity contribution in [2.75, 3.05) is 11.9 Å². The number of benzene rings is 1. The first-order chi connectivity index (χ1) is 15.6. The number of carbonyl (C=O) groups excluding carboxylic acids is 1. The molecule has 0 saturated carbocycles. The van der Waals surface area contributed by atoms with Crippen molar-refractivity contribution in [1.29, 1.82) is 0 Å². The van der Waals surface area contributed by atoms with Crippen molar-refractivity contribution in [2.24, 2.45) is 0 Å². The zero-order valence-electron chi connectivity index (χ0n) is 19.1. The van der Waals surface area contributed by atoms with E-state index in [9.17, 15) is 14.3 Å². The third-order valence-electron chi connectivity index (χ3n) is 4.81. The van der Waals surface area contributed by atoms with Crippen LogP contribution >= 0.6 is 18.7 Å². The molecule has 0 aliphatic carbocycles. The van der Waals surface area contributed by atoms with E-state index in [4.69, 9.17) is 9.47 Å². The van der Waals surface area contributed by atoms with Crippen LogP contribution in [-0.4, -0.2) is 34.2 Å². The van der Waals surface area contributed by atoms with Gasteiger partial charge < -0.3 is 19.7 Å². The van der Waals surface area contributed by atoms with Crippen molar-refractivity contribution in [3.05, 3.63) is 64.5 Å². The highest BCUT2D eigenvalue weighted by atomic mass is 32.1. The van der Waals surface area contributed by atoms with Crippen molar-refractivity contribution >= 4 is 35.7 Å². The number of aromatic nitrogens is 1. The lowest BCUT2D eigenvalue weighted by atomic mass is 10.2. The Balaban J connectivity index is 1.74. The van der Waals surface area contributed by atoms with Gasteiger partial charge in [0, 0.05) is 29.9 Å². The van der Waals surface area contributed by atoms with Gasteiger partial charge >= 0.3 is 0 Å². The Morgan fingerprint density at radius 1 is 1.15 bits per heavy atom. The Morgan fingerprint density at radius 2 is 1.91 bits per heavy atom. The number of pyridine rings is 1. The fraction of sp³-hybridized carbons (Fsp3) is 0.333. The van der Waals surface area contributed by atoms with Gasteiger partial charge in [-0.25, -0.2) is 4.98 Å². The van der Waals surface area contributed by atoms with Crippen LogP contribution < -0.4 is 20.1 Å². The molecule has 0 fully saturated rings. The van der Waals surface area contributed by atoms with Crippen molar-refractivity contribution in [3.63, 3.8) is 0 Å². The summed E-state index contributed by atoms with van der Waals surface area (Å²) in [5.41, 5.74) is 1.15. The zero-order chi connectivity index (χ0) is 24.0. The lowest BCUT2D eigenvalue weighted by molar-refractivity contribution is 0.102. The van der Waals surface area contributed by atoms with Gasteiger partial charge in [0.05, 0.1) is 18.0 Å². The Labute approximate surface area is 198 Å². The first-order valence-electron chi connectivity index (χ1n) is 10.7. The van der Waals surface area contributed by atoms with Crippen LogP contribution in [0.2, 0.25) is 0 Å². The topological polar surface area (TPSA) is 97.8 Å². The van der Waals surface area contributed by atoms with E-state index in [1.165, 1.54) is 23.9 Å². The molecule has 1 unspecified atom stereocenters. The second kappa shape index (κ2) is 11.0. The molecule has 0 spiro atoms. The Morgan fingerprint density at radius 3 is 2.52 bits per heavy atom. The van der Waals surface area contributed by atoms with E-state index in [1.807, 2.05) is 19.2 Å². The number of carbonyl (C=O) groups is 1. The molecule has 0 bridgehead atoms. The summed E-state index contributed by atoms with van der Waals surface area (Å²) in [6, 6.07) is 10.2. The molecule has 2 heterocycles. The average molecular weight is 489 g/mol. The molecular weight excluding hydrogens is 459 g/mol. The first-order valence-corrected chi connectivity index (χ1v) is 13.4. The zero-order valence-corrected chi connectivity index (χ0v) is 20.9. The summed E-state index contributed by atoms with van der Waals surface area (Å²) in [4.78, 5) is 27.2. The Bertz CT molecular complexity index is 1110. The molecule has 9 heteroatoms. The van der Waals surface area contributed by atoms with Crippen molar-refractivity contribution < 1.29 is 23.7 Å². The molecule has 176 valence electrons. The molecule has 1 amide bonds. The van der Waals surface area contributed by atoms with Gasteiger partial charge in [0.2, 0.25) is 7.37 Å². The van der Waals surface area contributed by atoms with Gasteiger partial charge in [-0.05, 0) is 60.5 Å². The molecule has 1 atom stereocenters. The van der Waals surface area contributed by atoms with Crippen LogP contribution in [0.4, 0.5) is 5.82 Å². The molecule has 0 saturated heterocycles. The number of ether oxygens (including phenoxy) is 2. The molecule has 0 aliphatic heterocycles. The average Bonchev–Trinajstić information content (AvgIpc) is 3.27. The molecular formula is C24H29N2O5PS. The molecule has 1 aromatic carbocycles. The van der Waals surface area contributed by atoms with Crippen LogP contribution in [0.25, 0.3) is 0 Å². The third-order valence-corrected chi connectivity index (χ3v) is 7.95. The molecule has 0 radical (unpaired) electrons. The normalized spacial score (nSPS) is 13.1. The van der Waals surface area contributed by atoms with E-state index in [1.54, 1.807) is 43.4 Å². The van der Waals surface area contributed by atoms with Gasteiger partial charge in [0.1, 0.15) is 17.3 Å². The van der Waals surface area contributed by atoms with Crippen LogP contribution in [0.3, 0.4) is 0 Å². The number of nitrogens with one attached hydrogen (secondary N) is 1. The van der Waals surface area contributed by atoms with Gasteiger partial charge in [-0.15, -0.1) is 0 Å². The number of thiophene rings is 1. The molecule has 3 rings (SSSR count). The Kier molecular flexibility index (Phi) is 8.30. The van der Waals surface area contributed by atoms with Gasteiger partial charge in [-0.2, -0.15) is 11.3 Å². The summed E-state index contributed by atoms with van der Waals surface area (Å²) in [5.74, 6) is 0.963. The fourth-order valence-electron chi connectivity index (χ4n) is 2.98. The lowest BCUT2D eigenvalue weighted by Crippen LogP contribution is -2.17. The van der Waals surface area contributed by atoms with E-state index in [-0.39, 0.29) is 23.1 Å². The molecule has 7 nitrogen and oxygen atoms in total. The number of hydrogen-bond donors (Lipinski definition) is 2. The van der Waals surface area contributed by atoms with E-state index < -0.39 is 13.0 Å². The van der Waals surface area contributed by atoms with Crippen LogP contribution in [0.5, 0.6) is 11.5 Å². The minimum absolute atomic E-state index is 0.0636. The lowest BCUT2D eigenvalue weighted by Gasteiger charge is -2.16. The van der Waals surface area contributed by atoms with Crippen LogP contribution in [0.15, 0.2) is 53.4 Å². The van der Waals surface area contributed by atoms with Gasteiger partial charge in [0.15, 0.2) is 0 Å². The van der Waals surface area contributed by atoms with Crippen LogP contribution in [-0.2, 0) is 11.0 Å². The smallest absolute Gasteiger partial charge is 0.257 e. The second-order valence-electron chi connectivity index (χ2n) is 8.16. The summed E-state index contributed by atoms with van der Waals surface area (Å²) in [5, 5.41) is 7.08. The summed E-state index contributed by atoms with van der Waals surface area (Å²) in [6.07, 6.45) is 2.03. The number of rotatable bonds is 10. The van der Waals surface area contributed by atoms with Crippen LogP contribution in [0, 0.1) is 0 Å². The van der Waals surface area contributed by atoms with E-state index in [0.717, 1.165) is 6.42 Å². The SMILES string of the molecule is CC(C)Oc1cc(OCCc2ccsc2)cc(C(=O)Nc2ccc(P(=O)(O)C(C)C)cn2)c1. The standard InChI is InChI=1S/C24H29N2O5PS/c1-16(2)31-21-12-19(11-20(13-21)30-9-7-18-8-10-33-15-18)24(27)26-23-6-5-22(14-25-23)32(28,29)17(3)4/h5-6,8,10-17H,7,9H2,1-4H3,(H,28,29)(H,25,26,27). The maximum Gasteiger partial charge on any atom is 0.257 e. The summed E-state index contributed by atoms with van der Waals surface area (Å²) < 4.78 is 24.1. The maximum atomic E-state index is 12.9. The molecule has 33 heavy (non-hydrogen) atoms. The molecule has 2 aromatic heterocycles. The van der Waals surface area contributed by atoms with E-state index in [2.05, 4.69) is 21.7 Å². The van der Waals surface area contributed by atoms with Crippen molar-refractivity contribution in [3.8, 4) is 11.5 Å². The van der Waals surface area contributed by atoms with E-state index in [0.29, 0.717) is 23.7 Å². The number of hydrogen-bond acceptors (Lipinski definition) is 6. The largest absolute Gasteiger partial charge is 0.493 e. The predicted octanol–water partition coefficient (Wildman–Crippen LogP) is 5.11. The van der Waals surface area contributed by atoms with Crippen molar-refractivity contribution in [2.45, 2.75) is 45.9 Å². The predicted molar refractivity (Wildman–Crippen MR) is 133 cm³/mol. The third kappa shape index (κ3) is 6.90. The fourth-order valence-corrected chi connectivity index (χ4v) is 4.79. The summed E-state index contributed by atoms with van der Waals surface area (Å²) >= 11 is 1.64. The summed E-state index contributed by atoms with van der Waals surface area (Å²) in [6.45, 7) is 7.66. The minimum Gasteiger partial charge on any atom is -0.493 e. The summed E-state index contributed by atoms with van der Waals surface area (Å²) in [7, 11) is -3.49. The highest BCUT2D eigenvalue weighted by Crippen LogP contribution is 2.44. The highest BCUT2D eigenvalue weighted by Gasteiger charge is 2.26. The highest BCUT2D eigenvalue weighted by molar-refractivity contribution is 7.66. The monoisotopic (exact) mass is 488 g/mol. The number of anilines is 1. The van der Waals surface area contributed by atoms with E-state index >= 15 is 0 Å². The first kappa shape index (κ1) is 25.0. The minimum atomic E-state index is -3.49. The Hall–Kier alpha value is -2.67. The van der Waals surface area contributed by atoms with Gasteiger partial charge in [0.25, 0.3) is 5.91 Å². The molecule has 0 aliphatic rings. The van der Waals surface area contributed by atoms with Crippen molar-refractivity contribution in [1.82, 2.24) is 4.98 Å². The maximum absolute atomic E-state index is 12.9.